The quantitative estimate of drug-likeness (QED) is 0.649. The largest absolute Gasteiger partial charge is 0.350 e. The Morgan fingerprint density at radius 1 is 1.24 bits per heavy atom. The van der Waals surface area contributed by atoms with E-state index in [1.807, 2.05) is 13.0 Å². The Kier molecular flexibility index (Phi) is 6.87. The first-order chi connectivity index (χ1) is 13.9. The van der Waals surface area contributed by atoms with Gasteiger partial charge in [-0.2, -0.15) is 0 Å². The summed E-state index contributed by atoms with van der Waals surface area (Å²) in [4.78, 5) is 40.2. The van der Waals surface area contributed by atoms with Crippen LogP contribution in [0.1, 0.15) is 39.0 Å². The number of carbonyl (C=O) groups is 3. The van der Waals surface area contributed by atoms with Crippen molar-refractivity contribution >= 4 is 46.2 Å². The summed E-state index contributed by atoms with van der Waals surface area (Å²) in [5, 5.41) is 2.40. The Labute approximate surface area is 177 Å². The highest BCUT2D eigenvalue weighted by Crippen LogP contribution is 2.32. The molecule has 0 saturated carbocycles. The Morgan fingerprint density at radius 2 is 1.97 bits per heavy atom. The van der Waals surface area contributed by atoms with Crippen molar-refractivity contribution in [3.8, 4) is 0 Å². The van der Waals surface area contributed by atoms with Crippen LogP contribution >= 0.6 is 23.1 Å². The van der Waals surface area contributed by atoms with E-state index < -0.39 is 5.91 Å². The second kappa shape index (κ2) is 9.37. The summed E-state index contributed by atoms with van der Waals surface area (Å²) in [6.07, 6.45) is 3.52. The van der Waals surface area contributed by atoms with Crippen molar-refractivity contribution in [2.75, 3.05) is 13.1 Å². The van der Waals surface area contributed by atoms with E-state index in [0.29, 0.717) is 10.4 Å². The predicted molar refractivity (Wildman–Crippen MR) is 114 cm³/mol. The highest BCUT2D eigenvalue weighted by atomic mass is 32.2. The number of hydrogen-bond donors (Lipinski definition) is 1. The zero-order valence-corrected chi connectivity index (χ0v) is 17.8. The normalized spacial score (nSPS) is 15.4. The van der Waals surface area contributed by atoms with Crippen LogP contribution in [0.25, 0.3) is 6.08 Å². The Bertz CT molecular complexity index is 967. The van der Waals surface area contributed by atoms with Crippen LogP contribution in [0.15, 0.2) is 35.2 Å². The van der Waals surface area contributed by atoms with Gasteiger partial charge in [0.1, 0.15) is 5.82 Å². The van der Waals surface area contributed by atoms with Gasteiger partial charge in [-0.15, -0.1) is 11.3 Å². The molecule has 152 valence electrons. The fraction of sp³-hybridized carbons (Fsp3) is 0.286. The molecule has 8 heteroatoms. The number of benzene rings is 1. The van der Waals surface area contributed by atoms with Crippen molar-refractivity contribution in [3.63, 3.8) is 0 Å². The second-order valence-corrected chi connectivity index (χ2v) is 8.83. The molecule has 29 heavy (non-hydrogen) atoms. The zero-order chi connectivity index (χ0) is 21.0. The summed E-state index contributed by atoms with van der Waals surface area (Å²) in [6.45, 7) is 4.38. The molecule has 0 atom stereocenters. The molecule has 1 saturated heterocycles. The van der Waals surface area contributed by atoms with Gasteiger partial charge in [-0.25, -0.2) is 4.39 Å². The van der Waals surface area contributed by atoms with Gasteiger partial charge in [-0.3, -0.25) is 19.3 Å². The number of nitrogens with zero attached hydrogens (tertiary/aromatic N) is 1. The van der Waals surface area contributed by atoms with Gasteiger partial charge in [0.25, 0.3) is 17.1 Å². The average Bonchev–Trinajstić information content (AvgIpc) is 3.18. The minimum Gasteiger partial charge on any atom is -0.350 e. The Balaban J connectivity index is 1.57. The number of aryl methyl sites for hydroxylation is 2. The lowest BCUT2D eigenvalue weighted by atomic mass is 10.1. The van der Waals surface area contributed by atoms with Crippen LogP contribution in [0.2, 0.25) is 0 Å². The molecule has 1 N–H and O–H groups in total. The Morgan fingerprint density at radius 3 is 2.66 bits per heavy atom. The van der Waals surface area contributed by atoms with Crippen molar-refractivity contribution < 1.29 is 18.8 Å². The molecule has 2 heterocycles. The molecule has 0 bridgehead atoms. The third-order valence-corrected chi connectivity index (χ3v) is 6.42. The average molecular weight is 433 g/mol. The molecule has 1 aromatic carbocycles. The van der Waals surface area contributed by atoms with Gasteiger partial charge in [0.2, 0.25) is 0 Å². The zero-order valence-electron chi connectivity index (χ0n) is 16.2. The molecule has 1 aliphatic heterocycles. The van der Waals surface area contributed by atoms with Gasteiger partial charge >= 0.3 is 0 Å². The van der Waals surface area contributed by atoms with Crippen molar-refractivity contribution in [3.05, 3.63) is 61.9 Å². The number of imide groups is 1. The number of nitrogens with one attached hydrogen (secondary N) is 1. The van der Waals surface area contributed by atoms with Crippen molar-refractivity contribution in [2.45, 2.75) is 26.7 Å². The minimum absolute atomic E-state index is 0.101. The van der Waals surface area contributed by atoms with Gasteiger partial charge in [0.05, 0.1) is 9.78 Å². The van der Waals surface area contributed by atoms with Gasteiger partial charge in [0.15, 0.2) is 0 Å². The smallest absolute Gasteiger partial charge is 0.293 e. The predicted octanol–water partition coefficient (Wildman–Crippen LogP) is 4.61. The van der Waals surface area contributed by atoms with Crippen LogP contribution in [-0.4, -0.2) is 35.0 Å². The van der Waals surface area contributed by atoms with E-state index >= 15 is 0 Å². The van der Waals surface area contributed by atoms with E-state index in [1.54, 1.807) is 18.2 Å². The molecule has 3 amide bonds. The maximum absolute atomic E-state index is 13.0. The van der Waals surface area contributed by atoms with E-state index in [1.165, 1.54) is 29.0 Å². The van der Waals surface area contributed by atoms with Crippen LogP contribution in [0.3, 0.4) is 0 Å². The highest BCUT2D eigenvalue weighted by molar-refractivity contribution is 8.18. The first-order valence-electron chi connectivity index (χ1n) is 9.27. The van der Waals surface area contributed by atoms with E-state index in [0.717, 1.165) is 34.4 Å². The van der Waals surface area contributed by atoms with Gasteiger partial charge in [0, 0.05) is 18.0 Å². The number of thioether (sulfide) groups is 1. The summed E-state index contributed by atoms with van der Waals surface area (Å²) in [5.41, 5.74) is 1.82. The Hall–Kier alpha value is -2.45. The molecular formula is C21H21FN2O3S2. The fourth-order valence-electron chi connectivity index (χ4n) is 2.92. The lowest BCUT2D eigenvalue weighted by Gasteiger charge is -2.12. The van der Waals surface area contributed by atoms with Gasteiger partial charge in [-0.1, -0.05) is 25.5 Å². The molecule has 2 aromatic rings. The molecule has 0 spiro atoms. The third-order valence-electron chi connectivity index (χ3n) is 4.43. The van der Waals surface area contributed by atoms with E-state index in [2.05, 4.69) is 12.2 Å². The summed E-state index contributed by atoms with van der Waals surface area (Å²) in [6, 6.07) is 7.58. The lowest BCUT2D eigenvalue weighted by molar-refractivity contribution is -0.122. The number of carbonyl (C=O) groups excluding carboxylic acids is 3. The lowest BCUT2D eigenvalue weighted by Crippen LogP contribution is -2.37. The summed E-state index contributed by atoms with van der Waals surface area (Å²) >= 11 is 2.29. The number of hydrogen-bond acceptors (Lipinski definition) is 5. The van der Waals surface area contributed by atoms with Crippen LogP contribution in [0, 0.1) is 12.7 Å². The minimum atomic E-state index is -0.407. The van der Waals surface area contributed by atoms with Gasteiger partial charge < -0.3 is 5.32 Å². The third kappa shape index (κ3) is 5.13. The van der Waals surface area contributed by atoms with E-state index in [4.69, 9.17) is 0 Å². The topological polar surface area (TPSA) is 66.5 Å². The monoisotopic (exact) mass is 432 g/mol. The van der Waals surface area contributed by atoms with Crippen LogP contribution in [-0.2, 0) is 11.2 Å². The number of rotatable bonds is 7. The van der Waals surface area contributed by atoms with Crippen LogP contribution in [0.5, 0.6) is 0 Å². The van der Waals surface area contributed by atoms with Crippen LogP contribution in [0.4, 0.5) is 9.18 Å². The van der Waals surface area contributed by atoms with Gasteiger partial charge in [-0.05, 0) is 60.5 Å². The van der Waals surface area contributed by atoms with Crippen LogP contribution < -0.4 is 5.32 Å². The second-order valence-electron chi connectivity index (χ2n) is 6.58. The molecule has 3 rings (SSSR count). The molecule has 1 aromatic heterocycles. The number of thiophene rings is 1. The number of amides is 3. The maximum Gasteiger partial charge on any atom is 0.293 e. The molecule has 5 nitrogen and oxygen atoms in total. The van der Waals surface area contributed by atoms with E-state index in [-0.39, 0.29) is 35.0 Å². The molecule has 0 aliphatic carbocycles. The summed E-state index contributed by atoms with van der Waals surface area (Å²) < 4.78 is 13.0. The summed E-state index contributed by atoms with van der Waals surface area (Å²) in [7, 11) is 0. The first kappa shape index (κ1) is 21.3. The van der Waals surface area contributed by atoms with Crippen molar-refractivity contribution in [1.29, 1.82) is 0 Å². The molecule has 1 aliphatic rings. The maximum atomic E-state index is 13.0. The molecule has 1 fully saturated rings. The standard InChI is InChI=1S/C21H21FN2O3S2/c1-3-4-15-12-17(28-13(15)2)19(25)23-9-10-24-20(26)18(29-21(24)27)11-14-5-7-16(22)8-6-14/h5-8,11-12H,3-4,9-10H2,1-2H3,(H,23,25)/b18-11-. The molecule has 0 unspecified atom stereocenters. The SMILES string of the molecule is CCCc1cc(C(=O)NCCN2C(=O)S/C(=C\c3ccc(F)cc3)C2=O)sc1C. The first-order valence-corrected chi connectivity index (χ1v) is 10.9. The highest BCUT2D eigenvalue weighted by Gasteiger charge is 2.34. The van der Waals surface area contributed by atoms with Crippen molar-refractivity contribution in [1.82, 2.24) is 10.2 Å². The molecular weight excluding hydrogens is 411 g/mol. The fourth-order valence-corrected chi connectivity index (χ4v) is 4.77. The number of halogens is 1. The summed E-state index contributed by atoms with van der Waals surface area (Å²) in [5.74, 6) is -0.973. The van der Waals surface area contributed by atoms with Crippen molar-refractivity contribution in [2.24, 2.45) is 0 Å². The molecule has 0 radical (unpaired) electrons. The van der Waals surface area contributed by atoms with E-state index in [9.17, 15) is 18.8 Å².